The third-order valence-electron chi connectivity index (χ3n) is 3.22. The molecule has 2 N–H and O–H groups in total. The van der Waals surface area contributed by atoms with Crippen LogP contribution < -0.4 is 5.32 Å². The van der Waals surface area contributed by atoms with Crippen LogP contribution in [0.4, 0.5) is 4.79 Å². The topological polar surface area (TPSA) is 69.6 Å². The molecule has 2 unspecified atom stereocenters. The molecule has 1 fully saturated rings. The van der Waals surface area contributed by atoms with Gasteiger partial charge in [0.15, 0.2) is 0 Å². The zero-order chi connectivity index (χ0) is 14.5. The number of terminal acetylenes is 1. The van der Waals surface area contributed by atoms with Gasteiger partial charge < -0.3 is 15.3 Å². The highest BCUT2D eigenvalue weighted by atomic mass is 16.4. The summed E-state index contributed by atoms with van der Waals surface area (Å²) in [6.45, 7) is -0.403. The number of benzene rings is 1. The number of nitrogens with one attached hydrogen (secondary N) is 1. The van der Waals surface area contributed by atoms with E-state index < -0.39 is 18.5 Å². The van der Waals surface area contributed by atoms with E-state index >= 15 is 0 Å². The van der Waals surface area contributed by atoms with Gasteiger partial charge in [0, 0.05) is 12.0 Å². The first-order chi connectivity index (χ1) is 9.61. The van der Waals surface area contributed by atoms with Gasteiger partial charge in [0.1, 0.15) is 6.54 Å². The first kappa shape index (κ1) is 13.9. The molecule has 1 aromatic rings. The van der Waals surface area contributed by atoms with Crippen molar-refractivity contribution in [1.29, 1.82) is 0 Å². The number of aliphatic carboxylic acids is 1. The van der Waals surface area contributed by atoms with E-state index in [9.17, 15) is 9.59 Å². The minimum atomic E-state index is -1.08. The molecule has 0 aromatic heterocycles. The number of hydrogen-bond acceptors (Lipinski definition) is 2. The van der Waals surface area contributed by atoms with Crippen LogP contribution in [0.2, 0.25) is 0 Å². The van der Waals surface area contributed by atoms with Crippen LogP contribution in [0.25, 0.3) is 0 Å². The Morgan fingerprint density at radius 1 is 1.40 bits per heavy atom. The van der Waals surface area contributed by atoms with E-state index in [1.165, 1.54) is 5.56 Å². The molecule has 0 radical (unpaired) electrons. The average molecular weight is 272 g/mol. The summed E-state index contributed by atoms with van der Waals surface area (Å²) in [6, 6.07) is 9.54. The second kappa shape index (κ2) is 6.11. The summed E-state index contributed by atoms with van der Waals surface area (Å²) in [5.41, 5.74) is 1.18. The lowest BCUT2D eigenvalue weighted by Gasteiger charge is -2.18. The molecule has 5 nitrogen and oxygen atoms in total. The van der Waals surface area contributed by atoms with E-state index in [1.807, 2.05) is 30.3 Å². The van der Waals surface area contributed by atoms with Gasteiger partial charge in [-0.05, 0) is 12.0 Å². The second-order valence-electron chi connectivity index (χ2n) is 4.76. The van der Waals surface area contributed by atoms with Crippen LogP contribution in [0.1, 0.15) is 17.9 Å². The van der Waals surface area contributed by atoms with Gasteiger partial charge in [0.05, 0.1) is 6.54 Å². The third-order valence-corrected chi connectivity index (χ3v) is 3.22. The van der Waals surface area contributed by atoms with Gasteiger partial charge in [-0.25, -0.2) is 4.79 Å². The first-order valence-corrected chi connectivity index (χ1v) is 6.37. The van der Waals surface area contributed by atoms with E-state index in [0.29, 0.717) is 5.92 Å². The van der Waals surface area contributed by atoms with Crippen molar-refractivity contribution < 1.29 is 14.7 Å². The molecule has 5 heteroatoms. The number of carboxylic acids is 1. The zero-order valence-corrected chi connectivity index (χ0v) is 11.0. The Hall–Kier alpha value is -2.48. The number of nitrogens with zero attached hydrogens (tertiary/aromatic N) is 1. The number of carboxylic acid groups (broad SMARTS) is 1. The van der Waals surface area contributed by atoms with Gasteiger partial charge in [-0.3, -0.25) is 4.79 Å². The zero-order valence-electron chi connectivity index (χ0n) is 11.0. The van der Waals surface area contributed by atoms with Crippen LogP contribution in [0.15, 0.2) is 30.3 Å². The van der Waals surface area contributed by atoms with Crippen LogP contribution >= 0.6 is 0 Å². The number of urea groups is 1. The molecule has 0 aliphatic heterocycles. The Bertz CT molecular complexity index is 536. The Morgan fingerprint density at radius 2 is 2.10 bits per heavy atom. The van der Waals surface area contributed by atoms with Crippen molar-refractivity contribution in [3.63, 3.8) is 0 Å². The maximum absolute atomic E-state index is 12.0. The average Bonchev–Trinajstić information content (AvgIpc) is 3.18. The summed E-state index contributed by atoms with van der Waals surface area (Å²) in [5, 5.41) is 11.6. The van der Waals surface area contributed by atoms with Crippen molar-refractivity contribution in [2.45, 2.75) is 18.4 Å². The fourth-order valence-electron chi connectivity index (χ4n) is 2.15. The highest BCUT2D eigenvalue weighted by Gasteiger charge is 2.40. The molecule has 1 aromatic carbocycles. The monoisotopic (exact) mass is 272 g/mol. The predicted octanol–water partition coefficient (Wildman–Crippen LogP) is 1.27. The summed E-state index contributed by atoms with van der Waals surface area (Å²) >= 11 is 0. The van der Waals surface area contributed by atoms with Gasteiger partial charge in [-0.2, -0.15) is 0 Å². The summed E-state index contributed by atoms with van der Waals surface area (Å²) in [6.07, 6.45) is 6.01. The van der Waals surface area contributed by atoms with Crippen molar-refractivity contribution in [3.8, 4) is 12.3 Å². The molecule has 0 bridgehead atoms. The molecule has 2 atom stereocenters. The predicted molar refractivity (Wildman–Crippen MR) is 74.2 cm³/mol. The summed E-state index contributed by atoms with van der Waals surface area (Å²) in [5.74, 6) is 1.52. The molecule has 1 saturated carbocycles. The Labute approximate surface area is 117 Å². The van der Waals surface area contributed by atoms with Crippen molar-refractivity contribution in [2.24, 2.45) is 0 Å². The van der Waals surface area contributed by atoms with Crippen LogP contribution in [0.3, 0.4) is 0 Å². The lowest BCUT2D eigenvalue weighted by atomic mass is 10.1. The lowest BCUT2D eigenvalue weighted by Crippen LogP contribution is -2.44. The minimum absolute atomic E-state index is 0.0130. The highest BCUT2D eigenvalue weighted by Crippen LogP contribution is 2.40. The van der Waals surface area contributed by atoms with Crippen LogP contribution in [0, 0.1) is 12.3 Å². The number of amides is 2. The van der Waals surface area contributed by atoms with Gasteiger partial charge in [-0.15, -0.1) is 6.42 Å². The largest absolute Gasteiger partial charge is 0.480 e. The minimum Gasteiger partial charge on any atom is -0.480 e. The van der Waals surface area contributed by atoms with Crippen LogP contribution in [-0.2, 0) is 4.79 Å². The molecule has 0 saturated heterocycles. The van der Waals surface area contributed by atoms with E-state index in [4.69, 9.17) is 11.5 Å². The first-order valence-electron chi connectivity index (χ1n) is 6.37. The molecule has 1 aliphatic rings. The standard InChI is InChI=1S/C15H16N2O3/c1-2-8-17(10-14(18)19)15(20)16-13-9-12(13)11-6-4-3-5-7-11/h1,3-7,12-13H,8-10H2,(H,16,20)(H,18,19). The Morgan fingerprint density at radius 3 is 2.70 bits per heavy atom. The SMILES string of the molecule is C#CCN(CC(=O)O)C(=O)NC1CC1c1ccccc1. The normalized spacial score (nSPS) is 19.8. The van der Waals surface area contributed by atoms with Crippen molar-refractivity contribution >= 4 is 12.0 Å². The maximum Gasteiger partial charge on any atom is 0.323 e. The number of carbonyl (C=O) groups is 2. The number of carbonyl (C=O) groups excluding carboxylic acids is 1. The summed E-state index contributed by atoms with van der Waals surface area (Å²) in [4.78, 5) is 23.8. The van der Waals surface area contributed by atoms with E-state index in [-0.39, 0.29) is 12.6 Å². The van der Waals surface area contributed by atoms with Gasteiger partial charge in [0.25, 0.3) is 0 Å². The molecule has 20 heavy (non-hydrogen) atoms. The second-order valence-corrected chi connectivity index (χ2v) is 4.76. The molecule has 2 amide bonds. The fourth-order valence-corrected chi connectivity index (χ4v) is 2.15. The molecule has 2 rings (SSSR count). The van der Waals surface area contributed by atoms with Crippen molar-refractivity contribution in [1.82, 2.24) is 10.2 Å². The highest BCUT2D eigenvalue weighted by molar-refractivity contribution is 5.80. The lowest BCUT2D eigenvalue weighted by molar-refractivity contribution is -0.137. The number of hydrogen-bond donors (Lipinski definition) is 2. The van der Waals surface area contributed by atoms with E-state index in [2.05, 4.69) is 11.2 Å². The van der Waals surface area contributed by atoms with Crippen LogP contribution in [-0.4, -0.2) is 41.1 Å². The molecule has 104 valence electrons. The quantitative estimate of drug-likeness (QED) is 0.793. The van der Waals surface area contributed by atoms with Crippen molar-refractivity contribution in [2.75, 3.05) is 13.1 Å². The van der Waals surface area contributed by atoms with Crippen LogP contribution in [0.5, 0.6) is 0 Å². The Balaban J connectivity index is 1.89. The molecule has 1 aliphatic carbocycles. The fraction of sp³-hybridized carbons (Fsp3) is 0.333. The van der Waals surface area contributed by atoms with E-state index in [1.54, 1.807) is 0 Å². The summed E-state index contributed by atoms with van der Waals surface area (Å²) in [7, 11) is 0. The molecule has 0 spiro atoms. The summed E-state index contributed by atoms with van der Waals surface area (Å²) < 4.78 is 0. The molecule has 0 heterocycles. The molecular formula is C15H16N2O3. The van der Waals surface area contributed by atoms with Gasteiger partial charge in [-0.1, -0.05) is 36.3 Å². The van der Waals surface area contributed by atoms with Gasteiger partial charge in [0.2, 0.25) is 0 Å². The maximum atomic E-state index is 12.0. The Kier molecular flexibility index (Phi) is 4.26. The third kappa shape index (κ3) is 3.51. The smallest absolute Gasteiger partial charge is 0.323 e. The van der Waals surface area contributed by atoms with E-state index in [0.717, 1.165) is 11.3 Å². The van der Waals surface area contributed by atoms with Gasteiger partial charge >= 0.3 is 12.0 Å². The molecular weight excluding hydrogens is 256 g/mol. The number of rotatable bonds is 5. The van der Waals surface area contributed by atoms with Crippen molar-refractivity contribution in [3.05, 3.63) is 35.9 Å².